The van der Waals surface area contributed by atoms with Crippen LogP contribution in [0.2, 0.25) is 5.02 Å². The van der Waals surface area contributed by atoms with Crippen molar-refractivity contribution in [2.24, 2.45) is 0 Å². The Balaban J connectivity index is 2.25. The van der Waals surface area contributed by atoms with Crippen molar-refractivity contribution in [3.63, 3.8) is 0 Å². The smallest absolute Gasteiger partial charge is 0.337 e. The molecule has 94 valence electrons. The third-order valence-corrected chi connectivity index (χ3v) is 3.78. The molecule has 2 N–H and O–H groups in total. The van der Waals surface area contributed by atoms with Crippen LogP contribution in [0.3, 0.4) is 0 Å². The molecule has 2 rings (SSSR count). The molecule has 0 radical (unpaired) electrons. The Morgan fingerprint density at radius 3 is 2.67 bits per heavy atom. The van der Waals surface area contributed by atoms with Gasteiger partial charge < -0.3 is 10.4 Å². The zero-order chi connectivity index (χ0) is 13.3. The molecule has 0 aliphatic rings. The lowest BCUT2D eigenvalue weighted by molar-refractivity contribution is 0.0697. The van der Waals surface area contributed by atoms with Gasteiger partial charge in [0.05, 0.1) is 16.3 Å². The number of thiazole rings is 1. The Labute approximate surface area is 113 Å². The number of carboxylic acids is 1. The van der Waals surface area contributed by atoms with Gasteiger partial charge in [0.2, 0.25) is 0 Å². The monoisotopic (exact) mass is 282 g/mol. The summed E-state index contributed by atoms with van der Waals surface area (Å²) in [6, 6.07) is 4.72. The van der Waals surface area contributed by atoms with Gasteiger partial charge in [-0.05, 0) is 32.0 Å². The maximum absolute atomic E-state index is 10.8. The van der Waals surface area contributed by atoms with E-state index in [0.29, 0.717) is 0 Å². The number of hydrogen-bond donors (Lipinski definition) is 2. The normalized spacial score (nSPS) is 10.4. The Morgan fingerprint density at radius 2 is 2.17 bits per heavy atom. The zero-order valence-corrected chi connectivity index (χ0v) is 11.4. The summed E-state index contributed by atoms with van der Waals surface area (Å²) in [6.45, 7) is 3.94. The molecule has 0 saturated heterocycles. The molecule has 0 atom stereocenters. The third-order valence-electron chi connectivity index (χ3n) is 2.48. The number of rotatable bonds is 3. The van der Waals surface area contributed by atoms with Crippen molar-refractivity contribution in [1.29, 1.82) is 0 Å². The molecule has 0 saturated carbocycles. The van der Waals surface area contributed by atoms with Gasteiger partial charge in [-0.3, -0.25) is 0 Å². The van der Waals surface area contributed by atoms with Gasteiger partial charge in [-0.1, -0.05) is 11.6 Å². The predicted octanol–water partition coefficient (Wildman–Crippen LogP) is 3.86. The van der Waals surface area contributed by atoms with Crippen molar-refractivity contribution < 1.29 is 9.90 Å². The maximum Gasteiger partial charge on any atom is 0.337 e. The second-order valence-corrected chi connectivity index (χ2v) is 5.40. The lowest BCUT2D eigenvalue weighted by atomic mass is 10.2. The fraction of sp³-hybridized carbons (Fsp3) is 0.167. The van der Waals surface area contributed by atoms with Crippen molar-refractivity contribution in [1.82, 2.24) is 4.98 Å². The van der Waals surface area contributed by atoms with Crippen LogP contribution in [0.4, 0.5) is 10.8 Å². The minimum Gasteiger partial charge on any atom is -0.478 e. The number of halogens is 1. The number of aromatic carboxylic acids is 1. The van der Waals surface area contributed by atoms with Gasteiger partial charge in [0.1, 0.15) is 0 Å². The first-order valence-electron chi connectivity index (χ1n) is 5.21. The standard InChI is InChI=1S/C12H11ClN2O2S/c1-6-7(2)18-12(14-6)15-8-3-4-9(11(16)17)10(13)5-8/h3-5H,1-2H3,(H,14,15)(H,16,17). The molecular formula is C12H11ClN2O2S. The largest absolute Gasteiger partial charge is 0.478 e. The molecule has 2 aromatic rings. The number of anilines is 2. The van der Waals surface area contributed by atoms with E-state index in [-0.39, 0.29) is 10.6 Å². The summed E-state index contributed by atoms with van der Waals surface area (Å²) < 4.78 is 0. The minimum atomic E-state index is -1.03. The number of benzene rings is 1. The van der Waals surface area contributed by atoms with E-state index >= 15 is 0 Å². The van der Waals surface area contributed by atoms with Crippen LogP contribution >= 0.6 is 22.9 Å². The van der Waals surface area contributed by atoms with Crippen LogP contribution in [0.1, 0.15) is 20.9 Å². The molecule has 0 amide bonds. The predicted molar refractivity (Wildman–Crippen MR) is 73.3 cm³/mol. The number of aromatic nitrogens is 1. The van der Waals surface area contributed by atoms with Crippen LogP contribution in [0.15, 0.2) is 18.2 Å². The summed E-state index contributed by atoms with van der Waals surface area (Å²) in [6.07, 6.45) is 0. The molecular weight excluding hydrogens is 272 g/mol. The van der Waals surface area contributed by atoms with E-state index < -0.39 is 5.97 Å². The summed E-state index contributed by atoms with van der Waals surface area (Å²) in [5, 5.41) is 12.9. The van der Waals surface area contributed by atoms with Crippen molar-refractivity contribution >= 4 is 39.7 Å². The average Bonchev–Trinajstić information content (AvgIpc) is 2.57. The van der Waals surface area contributed by atoms with Crippen molar-refractivity contribution in [2.75, 3.05) is 5.32 Å². The SMILES string of the molecule is Cc1nc(Nc2ccc(C(=O)O)c(Cl)c2)sc1C. The van der Waals surface area contributed by atoms with Crippen LogP contribution in [0.5, 0.6) is 0 Å². The van der Waals surface area contributed by atoms with Gasteiger partial charge in [0.15, 0.2) is 5.13 Å². The van der Waals surface area contributed by atoms with Crippen molar-refractivity contribution in [2.45, 2.75) is 13.8 Å². The fourth-order valence-electron chi connectivity index (χ4n) is 1.42. The lowest BCUT2D eigenvalue weighted by Crippen LogP contribution is -1.98. The Kier molecular flexibility index (Phi) is 3.54. The van der Waals surface area contributed by atoms with E-state index in [1.807, 2.05) is 13.8 Å². The van der Waals surface area contributed by atoms with E-state index in [1.165, 1.54) is 6.07 Å². The molecule has 0 unspecified atom stereocenters. The molecule has 0 spiro atoms. The number of aryl methyl sites for hydroxylation is 2. The Hall–Kier alpha value is -1.59. The minimum absolute atomic E-state index is 0.0914. The fourth-order valence-corrected chi connectivity index (χ4v) is 2.51. The van der Waals surface area contributed by atoms with E-state index in [9.17, 15) is 4.79 Å². The molecule has 18 heavy (non-hydrogen) atoms. The van der Waals surface area contributed by atoms with E-state index in [1.54, 1.807) is 23.5 Å². The second kappa shape index (κ2) is 4.96. The van der Waals surface area contributed by atoms with Gasteiger partial charge in [-0.25, -0.2) is 9.78 Å². The van der Waals surface area contributed by atoms with Crippen LogP contribution in [-0.4, -0.2) is 16.1 Å². The van der Waals surface area contributed by atoms with Crippen LogP contribution in [0.25, 0.3) is 0 Å². The van der Waals surface area contributed by atoms with Gasteiger partial charge in [0.25, 0.3) is 0 Å². The summed E-state index contributed by atoms with van der Waals surface area (Å²) >= 11 is 7.43. The Bertz CT molecular complexity index is 591. The maximum atomic E-state index is 10.8. The van der Waals surface area contributed by atoms with Crippen molar-refractivity contribution in [3.05, 3.63) is 39.4 Å². The molecule has 1 heterocycles. The summed E-state index contributed by atoms with van der Waals surface area (Å²) in [5.74, 6) is -1.03. The number of nitrogens with one attached hydrogen (secondary N) is 1. The van der Waals surface area contributed by atoms with Gasteiger partial charge in [0, 0.05) is 10.6 Å². The highest BCUT2D eigenvalue weighted by Crippen LogP contribution is 2.27. The topological polar surface area (TPSA) is 62.2 Å². The van der Waals surface area contributed by atoms with E-state index in [2.05, 4.69) is 10.3 Å². The van der Waals surface area contributed by atoms with Crippen molar-refractivity contribution in [3.8, 4) is 0 Å². The number of nitrogens with zero attached hydrogens (tertiary/aromatic N) is 1. The Morgan fingerprint density at radius 1 is 1.44 bits per heavy atom. The molecule has 1 aromatic heterocycles. The summed E-state index contributed by atoms with van der Waals surface area (Å²) in [4.78, 5) is 16.3. The molecule has 0 aliphatic carbocycles. The van der Waals surface area contributed by atoms with Gasteiger partial charge in [-0.15, -0.1) is 11.3 Å². The highest BCUT2D eigenvalue weighted by molar-refractivity contribution is 7.15. The molecule has 4 nitrogen and oxygen atoms in total. The van der Waals surface area contributed by atoms with Gasteiger partial charge in [-0.2, -0.15) is 0 Å². The highest BCUT2D eigenvalue weighted by Gasteiger charge is 2.10. The molecule has 6 heteroatoms. The lowest BCUT2D eigenvalue weighted by Gasteiger charge is -2.04. The zero-order valence-electron chi connectivity index (χ0n) is 9.82. The molecule has 0 fully saturated rings. The first-order valence-corrected chi connectivity index (χ1v) is 6.40. The number of carbonyl (C=O) groups is 1. The summed E-state index contributed by atoms with van der Waals surface area (Å²) in [7, 11) is 0. The summed E-state index contributed by atoms with van der Waals surface area (Å²) in [5.41, 5.74) is 1.79. The van der Waals surface area contributed by atoms with E-state index in [4.69, 9.17) is 16.7 Å². The molecule has 0 aliphatic heterocycles. The molecule has 0 bridgehead atoms. The number of carboxylic acid groups (broad SMARTS) is 1. The first-order chi connectivity index (χ1) is 8.47. The average molecular weight is 283 g/mol. The second-order valence-electron chi connectivity index (χ2n) is 3.79. The highest BCUT2D eigenvalue weighted by atomic mass is 35.5. The van der Waals surface area contributed by atoms with E-state index in [0.717, 1.165) is 21.4 Å². The van der Waals surface area contributed by atoms with Crippen LogP contribution in [-0.2, 0) is 0 Å². The van der Waals surface area contributed by atoms with Gasteiger partial charge >= 0.3 is 5.97 Å². The number of hydrogen-bond acceptors (Lipinski definition) is 4. The quantitative estimate of drug-likeness (QED) is 0.897. The van der Waals surface area contributed by atoms with Crippen LogP contribution < -0.4 is 5.32 Å². The third kappa shape index (κ3) is 2.63. The van der Waals surface area contributed by atoms with Crippen LogP contribution in [0, 0.1) is 13.8 Å². The molecule has 1 aromatic carbocycles. The first kappa shape index (κ1) is 12.9.